The fourth-order valence-electron chi connectivity index (χ4n) is 2.58. The van der Waals surface area contributed by atoms with E-state index < -0.39 is 0 Å². The quantitative estimate of drug-likeness (QED) is 0.327. The maximum atomic E-state index is 5.30. The molecule has 0 fully saturated rings. The van der Waals surface area contributed by atoms with Crippen molar-refractivity contribution in [3.8, 4) is 0 Å². The highest BCUT2D eigenvalue weighted by Crippen LogP contribution is 2.16. The van der Waals surface area contributed by atoms with Gasteiger partial charge in [0, 0.05) is 6.21 Å². The molecule has 23 heavy (non-hydrogen) atoms. The minimum Gasteiger partial charge on any atom is -0.391 e. The lowest BCUT2D eigenvalue weighted by atomic mass is 10.0. The molecular formula is C21H21NO. The van der Waals surface area contributed by atoms with E-state index in [9.17, 15) is 0 Å². The Morgan fingerprint density at radius 2 is 1.57 bits per heavy atom. The average Bonchev–Trinajstić information content (AvgIpc) is 2.61. The molecule has 0 saturated carbocycles. The van der Waals surface area contributed by atoms with Crippen LogP contribution in [0.2, 0.25) is 0 Å². The van der Waals surface area contributed by atoms with Crippen LogP contribution in [-0.2, 0) is 17.9 Å². The molecule has 3 aromatic carbocycles. The Hall–Kier alpha value is -2.61. The first-order valence-corrected chi connectivity index (χ1v) is 8.07. The third-order valence-corrected chi connectivity index (χ3v) is 3.84. The van der Waals surface area contributed by atoms with E-state index in [2.05, 4.69) is 47.6 Å². The first kappa shape index (κ1) is 15.3. The van der Waals surface area contributed by atoms with Crippen LogP contribution >= 0.6 is 0 Å². The number of unbranched alkanes of at least 4 members (excludes halogenated alkanes) is 1. The Morgan fingerprint density at radius 3 is 2.43 bits per heavy atom. The Kier molecular flexibility index (Phi) is 5.41. The summed E-state index contributed by atoms with van der Waals surface area (Å²) in [5, 5.41) is 6.63. The standard InChI is InChI=1S/C21H21NO/c1-2-9-19(10-3-1)17-23-22-15-7-6-8-18-13-14-20-11-4-5-12-21(20)16-18/h1-5,9-16H,6-8,17H2/b22-15+. The van der Waals surface area contributed by atoms with E-state index in [1.54, 1.807) is 0 Å². The van der Waals surface area contributed by atoms with Crippen LogP contribution in [0.1, 0.15) is 24.0 Å². The summed E-state index contributed by atoms with van der Waals surface area (Å²) in [7, 11) is 0. The Bertz CT molecular complexity index is 765. The molecule has 0 aliphatic carbocycles. The summed E-state index contributed by atoms with van der Waals surface area (Å²) in [6.45, 7) is 0.530. The van der Waals surface area contributed by atoms with Crippen molar-refractivity contribution in [2.45, 2.75) is 25.9 Å². The van der Waals surface area contributed by atoms with Crippen molar-refractivity contribution in [3.63, 3.8) is 0 Å². The van der Waals surface area contributed by atoms with Gasteiger partial charge in [-0.05, 0) is 41.2 Å². The van der Waals surface area contributed by atoms with Crippen LogP contribution < -0.4 is 0 Å². The molecule has 0 aliphatic rings. The Balaban J connectivity index is 1.39. The van der Waals surface area contributed by atoms with Gasteiger partial charge in [0.05, 0.1) is 0 Å². The molecule has 2 nitrogen and oxygen atoms in total. The van der Waals surface area contributed by atoms with Crippen molar-refractivity contribution in [2.24, 2.45) is 5.16 Å². The lowest BCUT2D eigenvalue weighted by molar-refractivity contribution is 0.131. The van der Waals surface area contributed by atoms with Crippen molar-refractivity contribution in [2.75, 3.05) is 0 Å². The van der Waals surface area contributed by atoms with E-state index in [1.165, 1.54) is 16.3 Å². The number of rotatable bonds is 7. The molecule has 0 atom stereocenters. The van der Waals surface area contributed by atoms with E-state index in [1.807, 2.05) is 36.5 Å². The first-order valence-electron chi connectivity index (χ1n) is 8.07. The third kappa shape index (κ3) is 4.68. The van der Waals surface area contributed by atoms with Gasteiger partial charge >= 0.3 is 0 Å². The Labute approximate surface area is 137 Å². The van der Waals surface area contributed by atoms with Crippen LogP contribution in [0.15, 0.2) is 78.0 Å². The maximum absolute atomic E-state index is 5.30. The molecule has 0 heterocycles. The van der Waals surface area contributed by atoms with Crippen molar-refractivity contribution in [1.29, 1.82) is 0 Å². The molecule has 0 bridgehead atoms. The van der Waals surface area contributed by atoms with Gasteiger partial charge in [-0.1, -0.05) is 78.0 Å². The lowest BCUT2D eigenvalue weighted by Crippen LogP contribution is -1.89. The first-order chi connectivity index (χ1) is 11.4. The van der Waals surface area contributed by atoms with Gasteiger partial charge in [-0.25, -0.2) is 0 Å². The summed E-state index contributed by atoms with van der Waals surface area (Å²) in [5.74, 6) is 0. The largest absolute Gasteiger partial charge is 0.391 e. The van der Waals surface area contributed by atoms with Gasteiger partial charge in [-0.3, -0.25) is 0 Å². The number of nitrogens with zero attached hydrogens (tertiary/aromatic N) is 1. The molecule has 0 aliphatic heterocycles. The van der Waals surface area contributed by atoms with Crippen molar-refractivity contribution >= 4 is 17.0 Å². The maximum Gasteiger partial charge on any atom is 0.142 e. The summed E-state index contributed by atoms with van der Waals surface area (Å²) >= 11 is 0. The van der Waals surface area contributed by atoms with Crippen LogP contribution in [0.4, 0.5) is 0 Å². The zero-order valence-corrected chi connectivity index (χ0v) is 13.2. The van der Waals surface area contributed by atoms with Crippen molar-refractivity contribution < 1.29 is 4.84 Å². The van der Waals surface area contributed by atoms with Crippen LogP contribution in [-0.4, -0.2) is 6.21 Å². The predicted octanol–water partition coefficient (Wildman–Crippen LogP) is 5.37. The molecule has 2 heteroatoms. The third-order valence-electron chi connectivity index (χ3n) is 3.84. The van der Waals surface area contributed by atoms with Crippen LogP contribution in [0.3, 0.4) is 0 Å². The van der Waals surface area contributed by atoms with E-state index in [-0.39, 0.29) is 0 Å². The number of oxime groups is 1. The van der Waals surface area contributed by atoms with Gasteiger partial charge in [0.2, 0.25) is 0 Å². The van der Waals surface area contributed by atoms with E-state index in [4.69, 9.17) is 4.84 Å². The molecule has 0 saturated heterocycles. The molecule has 0 unspecified atom stereocenters. The lowest BCUT2D eigenvalue weighted by Gasteiger charge is -2.03. The summed E-state index contributed by atoms with van der Waals surface area (Å²) in [4.78, 5) is 5.30. The summed E-state index contributed by atoms with van der Waals surface area (Å²) in [5.41, 5.74) is 2.52. The van der Waals surface area contributed by atoms with Crippen LogP contribution in [0.5, 0.6) is 0 Å². The smallest absolute Gasteiger partial charge is 0.142 e. The second-order valence-electron chi connectivity index (χ2n) is 5.62. The number of benzene rings is 3. The molecule has 0 radical (unpaired) electrons. The van der Waals surface area contributed by atoms with Crippen molar-refractivity contribution in [1.82, 2.24) is 0 Å². The summed E-state index contributed by atoms with van der Waals surface area (Å²) in [6, 6.07) is 25.2. The van der Waals surface area contributed by atoms with Crippen LogP contribution in [0.25, 0.3) is 10.8 Å². The van der Waals surface area contributed by atoms with Gasteiger partial charge in [0.25, 0.3) is 0 Å². The highest BCUT2D eigenvalue weighted by Gasteiger charge is 1.96. The molecule has 3 rings (SSSR count). The van der Waals surface area contributed by atoms with Crippen LogP contribution in [0, 0.1) is 0 Å². The van der Waals surface area contributed by atoms with Crippen molar-refractivity contribution in [3.05, 3.63) is 83.9 Å². The van der Waals surface area contributed by atoms with Gasteiger partial charge < -0.3 is 4.84 Å². The predicted molar refractivity (Wildman–Crippen MR) is 96.6 cm³/mol. The van der Waals surface area contributed by atoms with Gasteiger partial charge in [-0.15, -0.1) is 0 Å². The number of fused-ring (bicyclic) bond motifs is 1. The molecular weight excluding hydrogens is 282 g/mol. The molecule has 0 aromatic heterocycles. The fourth-order valence-corrected chi connectivity index (χ4v) is 2.58. The van der Waals surface area contributed by atoms with E-state index in [0.29, 0.717) is 6.61 Å². The van der Waals surface area contributed by atoms with Gasteiger partial charge in [0.15, 0.2) is 0 Å². The highest BCUT2D eigenvalue weighted by atomic mass is 16.6. The highest BCUT2D eigenvalue weighted by molar-refractivity contribution is 5.82. The second-order valence-corrected chi connectivity index (χ2v) is 5.62. The molecule has 0 spiro atoms. The zero-order chi connectivity index (χ0) is 15.7. The minimum absolute atomic E-state index is 0.530. The number of hydrogen-bond donors (Lipinski definition) is 0. The summed E-state index contributed by atoms with van der Waals surface area (Å²) in [6.07, 6.45) is 4.94. The second kappa shape index (κ2) is 8.14. The van der Waals surface area contributed by atoms with Gasteiger partial charge in [-0.2, -0.15) is 0 Å². The van der Waals surface area contributed by atoms with E-state index >= 15 is 0 Å². The topological polar surface area (TPSA) is 21.6 Å². The minimum atomic E-state index is 0.530. The van der Waals surface area contributed by atoms with E-state index in [0.717, 1.165) is 24.8 Å². The summed E-state index contributed by atoms with van der Waals surface area (Å²) < 4.78 is 0. The van der Waals surface area contributed by atoms with Gasteiger partial charge in [0.1, 0.15) is 6.61 Å². The molecule has 0 N–H and O–H groups in total. The SMILES string of the molecule is C(/CCCc1ccc2ccccc2c1)=N\OCc1ccccc1. The number of aryl methyl sites for hydroxylation is 1. The molecule has 3 aromatic rings. The number of hydrogen-bond acceptors (Lipinski definition) is 2. The molecule has 116 valence electrons. The zero-order valence-electron chi connectivity index (χ0n) is 13.2. The normalized spacial score (nSPS) is 11.1. The Morgan fingerprint density at radius 1 is 0.783 bits per heavy atom. The average molecular weight is 303 g/mol. The monoisotopic (exact) mass is 303 g/mol. The fraction of sp³-hybridized carbons (Fsp3) is 0.190. The molecule has 0 amide bonds.